The van der Waals surface area contributed by atoms with Crippen molar-refractivity contribution in [3.05, 3.63) is 82.8 Å². The van der Waals surface area contributed by atoms with Gasteiger partial charge in [-0.3, -0.25) is 4.57 Å². The average Bonchev–Trinajstić information content (AvgIpc) is 3.04. The molecule has 27 heavy (non-hydrogen) atoms. The molecule has 3 aromatic carbocycles. The van der Waals surface area contributed by atoms with Crippen LogP contribution >= 0.6 is 23.2 Å². The minimum atomic E-state index is 0.548. The molecular formula is C21H12Cl2N4. The maximum absolute atomic E-state index is 6.26. The van der Waals surface area contributed by atoms with Crippen LogP contribution < -0.4 is 0 Å². The summed E-state index contributed by atoms with van der Waals surface area (Å²) < 4.78 is 1.95. The molecule has 0 aliphatic carbocycles. The van der Waals surface area contributed by atoms with Gasteiger partial charge in [0.05, 0.1) is 16.7 Å². The number of hydrogen-bond acceptors (Lipinski definition) is 3. The molecule has 0 aliphatic rings. The van der Waals surface area contributed by atoms with E-state index in [1.54, 1.807) is 6.07 Å². The summed E-state index contributed by atoms with van der Waals surface area (Å²) in [5, 5.41) is 1.10. The molecule has 0 radical (unpaired) electrons. The smallest absolute Gasteiger partial charge is 0.199 e. The maximum atomic E-state index is 6.26. The predicted molar refractivity (Wildman–Crippen MR) is 110 cm³/mol. The second kappa shape index (κ2) is 6.34. The summed E-state index contributed by atoms with van der Waals surface area (Å²) in [5.74, 6) is 0.735. The fourth-order valence-corrected chi connectivity index (χ4v) is 3.67. The van der Waals surface area contributed by atoms with E-state index in [-0.39, 0.29) is 0 Å². The van der Waals surface area contributed by atoms with E-state index in [1.807, 2.05) is 71.3 Å². The monoisotopic (exact) mass is 390 g/mol. The summed E-state index contributed by atoms with van der Waals surface area (Å²) in [4.78, 5) is 14.3. The molecule has 6 heteroatoms. The molecule has 0 amide bonds. The Morgan fingerprint density at radius 3 is 2.00 bits per heavy atom. The standard InChI is InChI=1S/C21H12Cl2N4/c22-14-10-15(23)12-16(11-14)27-20(13-6-2-1-3-7-13)26-19-21(27)25-18-9-5-4-8-17(18)24-19/h1-12H. The van der Waals surface area contributed by atoms with Crippen molar-refractivity contribution >= 4 is 45.5 Å². The largest absolute Gasteiger partial charge is 0.275 e. The molecule has 0 bridgehead atoms. The Morgan fingerprint density at radius 2 is 1.30 bits per heavy atom. The van der Waals surface area contributed by atoms with Gasteiger partial charge >= 0.3 is 0 Å². The Hall–Kier alpha value is -2.95. The van der Waals surface area contributed by atoms with Crippen LogP contribution in [0, 0.1) is 0 Å². The van der Waals surface area contributed by atoms with Crippen LogP contribution in [0.5, 0.6) is 0 Å². The summed E-state index contributed by atoms with van der Waals surface area (Å²) in [5.41, 5.74) is 4.59. The first-order valence-corrected chi connectivity index (χ1v) is 9.12. The lowest BCUT2D eigenvalue weighted by Crippen LogP contribution is -1.99. The van der Waals surface area contributed by atoms with Crippen LogP contribution in [-0.2, 0) is 0 Å². The number of rotatable bonds is 2. The van der Waals surface area contributed by atoms with E-state index in [4.69, 9.17) is 38.2 Å². The van der Waals surface area contributed by atoms with Crippen LogP contribution in [0.1, 0.15) is 0 Å². The van der Waals surface area contributed by atoms with Gasteiger partial charge in [0.2, 0.25) is 0 Å². The van der Waals surface area contributed by atoms with Crippen molar-refractivity contribution < 1.29 is 0 Å². The van der Waals surface area contributed by atoms with Gasteiger partial charge in [0, 0.05) is 15.6 Å². The molecule has 0 saturated heterocycles. The van der Waals surface area contributed by atoms with Gasteiger partial charge in [0.25, 0.3) is 0 Å². The molecule has 0 aliphatic heterocycles. The molecule has 2 aromatic heterocycles. The molecule has 130 valence electrons. The highest BCUT2D eigenvalue weighted by Gasteiger charge is 2.18. The van der Waals surface area contributed by atoms with E-state index >= 15 is 0 Å². The number of halogens is 2. The Morgan fingerprint density at radius 1 is 0.667 bits per heavy atom. The van der Waals surface area contributed by atoms with Gasteiger partial charge in [-0.05, 0) is 30.3 Å². The second-order valence-electron chi connectivity index (χ2n) is 6.12. The SMILES string of the molecule is Clc1cc(Cl)cc(-n2c(-c3ccccc3)nc3nc4ccccc4nc32)c1. The van der Waals surface area contributed by atoms with Crippen molar-refractivity contribution in [3.63, 3.8) is 0 Å². The first kappa shape index (κ1) is 16.2. The lowest BCUT2D eigenvalue weighted by Gasteiger charge is -2.10. The van der Waals surface area contributed by atoms with Crippen molar-refractivity contribution in [2.45, 2.75) is 0 Å². The van der Waals surface area contributed by atoms with Gasteiger partial charge in [-0.25, -0.2) is 15.0 Å². The first-order chi connectivity index (χ1) is 13.2. The van der Waals surface area contributed by atoms with Crippen molar-refractivity contribution in [3.8, 4) is 17.1 Å². The summed E-state index contributed by atoms with van der Waals surface area (Å²) in [6, 6.07) is 23.1. The van der Waals surface area contributed by atoms with E-state index in [2.05, 4.69) is 0 Å². The zero-order valence-corrected chi connectivity index (χ0v) is 15.5. The number of benzene rings is 3. The molecule has 5 aromatic rings. The summed E-state index contributed by atoms with van der Waals surface area (Å²) in [6.07, 6.45) is 0. The maximum Gasteiger partial charge on any atom is 0.199 e. The predicted octanol–water partition coefficient (Wildman–Crippen LogP) is 5.94. The Labute approximate surface area is 165 Å². The van der Waals surface area contributed by atoms with E-state index in [9.17, 15) is 0 Å². The van der Waals surface area contributed by atoms with Gasteiger partial charge < -0.3 is 0 Å². The van der Waals surface area contributed by atoms with E-state index in [0.29, 0.717) is 21.3 Å². The molecular weight excluding hydrogens is 379 g/mol. The molecule has 0 saturated carbocycles. The fraction of sp³-hybridized carbons (Fsp3) is 0. The highest BCUT2D eigenvalue weighted by atomic mass is 35.5. The first-order valence-electron chi connectivity index (χ1n) is 8.36. The molecule has 0 N–H and O–H groups in total. The molecule has 0 atom stereocenters. The van der Waals surface area contributed by atoms with Gasteiger partial charge in [0.15, 0.2) is 11.3 Å². The van der Waals surface area contributed by atoms with E-state index in [0.717, 1.165) is 28.1 Å². The third kappa shape index (κ3) is 2.83. The third-order valence-corrected chi connectivity index (χ3v) is 4.74. The van der Waals surface area contributed by atoms with Crippen LogP contribution in [0.4, 0.5) is 0 Å². The fourth-order valence-electron chi connectivity index (χ4n) is 3.15. The van der Waals surface area contributed by atoms with Gasteiger partial charge in [-0.2, -0.15) is 0 Å². The lowest BCUT2D eigenvalue weighted by molar-refractivity contribution is 1.08. The Kier molecular flexibility index (Phi) is 3.81. The summed E-state index contributed by atoms with van der Waals surface area (Å²) >= 11 is 12.5. The molecule has 5 rings (SSSR count). The highest BCUT2D eigenvalue weighted by molar-refractivity contribution is 6.34. The van der Waals surface area contributed by atoms with Crippen molar-refractivity contribution in [2.24, 2.45) is 0 Å². The third-order valence-electron chi connectivity index (χ3n) is 4.31. The molecule has 2 heterocycles. The number of fused-ring (bicyclic) bond motifs is 2. The number of hydrogen-bond donors (Lipinski definition) is 0. The molecule has 0 spiro atoms. The van der Waals surface area contributed by atoms with Crippen molar-refractivity contribution in [2.75, 3.05) is 0 Å². The number of aromatic nitrogens is 4. The number of nitrogens with zero attached hydrogens (tertiary/aromatic N) is 4. The van der Waals surface area contributed by atoms with Crippen LogP contribution in [0.2, 0.25) is 10.0 Å². The quantitative estimate of drug-likeness (QED) is 0.374. The van der Waals surface area contributed by atoms with Gasteiger partial charge in [0.1, 0.15) is 5.82 Å². The second-order valence-corrected chi connectivity index (χ2v) is 7.00. The van der Waals surface area contributed by atoms with E-state index < -0.39 is 0 Å². The minimum absolute atomic E-state index is 0.548. The molecule has 0 unspecified atom stereocenters. The van der Waals surface area contributed by atoms with E-state index in [1.165, 1.54) is 0 Å². The number of para-hydroxylation sites is 2. The minimum Gasteiger partial charge on any atom is -0.275 e. The van der Waals surface area contributed by atoms with Gasteiger partial charge in [-0.15, -0.1) is 0 Å². The average molecular weight is 391 g/mol. The highest BCUT2D eigenvalue weighted by Crippen LogP contribution is 2.30. The van der Waals surface area contributed by atoms with Crippen molar-refractivity contribution in [1.29, 1.82) is 0 Å². The topological polar surface area (TPSA) is 43.6 Å². The Balaban J connectivity index is 1.91. The van der Waals surface area contributed by atoms with Crippen LogP contribution in [-0.4, -0.2) is 19.5 Å². The van der Waals surface area contributed by atoms with Crippen LogP contribution in [0.15, 0.2) is 72.8 Å². The normalized spacial score (nSPS) is 11.3. The molecule has 4 nitrogen and oxygen atoms in total. The molecule has 0 fully saturated rings. The van der Waals surface area contributed by atoms with Gasteiger partial charge in [-0.1, -0.05) is 65.7 Å². The Bertz CT molecular complexity index is 1280. The van der Waals surface area contributed by atoms with Crippen LogP contribution in [0.25, 0.3) is 39.4 Å². The van der Waals surface area contributed by atoms with Crippen molar-refractivity contribution in [1.82, 2.24) is 19.5 Å². The number of imidazole rings is 1. The lowest BCUT2D eigenvalue weighted by atomic mass is 10.2. The zero-order valence-electron chi connectivity index (χ0n) is 14.0. The van der Waals surface area contributed by atoms with Crippen LogP contribution in [0.3, 0.4) is 0 Å². The summed E-state index contributed by atoms with van der Waals surface area (Å²) in [6.45, 7) is 0. The zero-order chi connectivity index (χ0) is 18.4. The summed E-state index contributed by atoms with van der Waals surface area (Å²) in [7, 11) is 0.